The molecule has 2 aromatic carbocycles. The van der Waals surface area contributed by atoms with Gasteiger partial charge in [0.1, 0.15) is 0 Å². The maximum atomic E-state index is 12.5. The fraction of sp³-hybridized carbons (Fsp3) is 0.273. The van der Waals surface area contributed by atoms with Crippen molar-refractivity contribution in [2.75, 3.05) is 11.1 Å². The topological polar surface area (TPSA) is 88.9 Å². The van der Waals surface area contributed by atoms with Crippen molar-refractivity contribution in [2.45, 2.75) is 38.5 Å². The van der Waals surface area contributed by atoms with Gasteiger partial charge >= 0.3 is 0 Å². The van der Waals surface area contributed by atoms with Crippen LogP contribution in [0.3, 0.4) is 0 Å². The normalized spacial score (nSPS) is 11.7. The molecule has 2 N–H and O–H groups in total. The molecule has 3 aromatic rings. The number of hydrogen-bond donors (Lipinski definition) is 2. The number of nitrogens with one attached hydrogen (secondary N) is 2. The molecule has 0 saturated carbocycles. The van der Waals surface area contributed by atoms with Gasteiger partial charge in [-0.25, -0.2) is 0 Å². The van der Waals surface area contributed by atoms with Gasteiger partial charge in [0.25, 0.3) is 5.91 Å². The summed E-state index contributed by atoms with van der Waals surface area (Å²) in [6.07, 6.45) is 0. The summed E-state index contributed by atoms with van der Waals surface area (Å²) in [6, 6.07) is 14.0. The molecule has 9 heteroatoms. The number of anilines is 1. The molecule has 0 unspecified atom stereocenters. The van der Waals surface area contributed by atoms with Gasteiger partial charge in [0.2, 0.25) is 5.91 Å². The number of nitrogens with zero attached hydrogens (tertiary/aromatic N) is 3. The Morgan fingerprint density at radius 2 is 1.90 bits per heavy atom. The largest absolute Gasteiger partial charge is 0.342 e. The maximum absolute atomic E-state index is 12.5. The van der Waals surface area contributed by atoms with E-state index in [1.165, 1.54) is 11.8 Å². The highest BCUT2D eigenvalue weighted by atomic mass is 35.5. The van der Waals surface area contributed by atoms with E-state index in [1.54, 1.807) is 24.3 Å². The number of aryl methyl sites for hydroxylation is 1. The van der Waals surface area contributed by atoms with Crippen LogP contribution in [0.25, 0.3) is 0 Å². The lowest BCUT2D eigenvalue weighted by atomic mass is 10.2. The maximum Gasteiger partial charge on any atom is 0.251 e. The third kappa shape index (κ3) is 6.08. The summed E-state index contributed by atoms with van der Waals surface area (Å²) in [5.41, 5.74) is 2.36. The van der Waals surface area contributed by atoms with Crippen molar-refractivity contribution in [3.05, 3.63) is 70.5 Å². The molecule has 1 aromatic heterocycles. The summed E-state index contributed by atoms with van der Waals surface area (Å²) in [5.74, 6) is 0.497. The van der Waals surface area contributed by atoms with Crippen molar-refractivity contribution < 1.29 is 9.59 Å². The van der Waals surface area contributed by atoms with Crippen molar-refractivity contribution >= 4 is 40.9 Å². The molecular weight excluding hydrogens is 434 g/mol. The minimum Gasteiger partial charge on any atom is -0.342 e. The van der Waals surface area contributed by atoms with E-state index in [9.17, 15) is 9.59 Å². The van der Waals surface area contributed by atoms with Gasteiger partial charge in [0, 0.05) is 22.8 Å². The summed E-state index contributed by atoms with van der Waals surface area (Å²) in [5, 5.41) is 15.5. The first-order chi connectivity index (χ1) is 14.9. The Bertz CT molecular complexity index is 1070. The quantitative estimate of drug-likeness (QED) is 0.487. The zero-order valence-electron chi connectivity index (χ0n) is 17.6. The number of benzene rings is 2. The van der Waals surface area contributed by atoms with E-state index in [4.69, 9.17) is 11.6 Å². The zero-order chi connectivity index (χ0) is 22.4. The fourth-order valence-electron chi connectivity index (χ4n) is 3.02. The van der Waals surface area contributed by atoms with E-state index in [1.807, 2.05) is 49.6 Å². The van der Waals surface area contributed by atoms with E-state index in [-0.39, 0.29) is 23.6 Å². The number of carbonyl (C=O) groups excluding carboxylic acids is 2. The average molecular weight is 458 g/mol. The lowest BCUT2D eigenvalue weighted by molar-refractivity contribution is -0.113. The van der Waals surface area contributed by atoms with Gasteiger partial charge in [0.15, 0.2) is 11.0 Å². The molecule has 0 saturated heterocycles. The van der Waals surface area contributed by atoms with Crippen LogP contribution in [0.2, 0.25) is 5.02 Å². The van der Waals surface area contributed by atoms with Gasteiger partial charge < -0.3 is 15.2 Å². The highest BCUT2D eigenvalue weighted by molar-refractivity contribution is 7.99. The summed E-state index contributed by atoms with van der Waals surface area (Å²) in [6.45, 7) is 6.41. The van der Waals surface area contributed by atoms with Crippen LogP contribution in [-0.2, 0) is 11.3 Å². The predicted molar refractivity (Wildman–Crippen MR) is 124 cm³/mol. The van der Waals surface area contributed by atoms with Crippen molar-refractivity contribution in [3.63, 3.8) is 0 Å². The SMILES string of the molecule is CCn1c(SCC(=O)Nc2cccc(C)c2)nnc1[C@@H](C)NC(=O)c1ccc(Cl)cc1. The first-order valence-electron chi connectivity index (χ1n) is 9.86. The molecule has 2 amide bonds. The Labute approximate surface area is 190 Å². The van der Waals surface area contributed by atoms with Crippen molar-refractivity contribution in [1.82, 2.24) is 20.1 Å². The van der Waals surface area contributed by atoms with E-state index >= 15 is 0 Å². The number of thioether (sulfide) groups is 1. The lowest BCUT2D eigenvalue weighted by Crippen LogP contribution is -2.28. The van der Waals surface area contributed by atoms with Crippen LogP contribution in [0.4, 0.5) is 5.69 Å². The van der Waals surface area contributed by atoms with Crippen LogP contribution in [-0.4, -0.2) is 32.3 Å². The highest BCUT2D eigenvalue weighted by Gasteiger charge is 2.20. The first kappa shape index (κ1) is 22.8. The summed E-state index contributed by atoms with van der Waals surface area (Å²) >= 11 is 7.19. The Hall–Kier alpha value is -2.84. The fourth-order valence-corrected chi connectivity index (χ4v) is 3.96. The summed E-state index contributed by atoms with van der Waals surface area (Å²) < 4.78 is 1.90. The monoisotopic (exact) mass is 457 g/mol. The second-order valence-electron chi connectivity index (χ2n) is 6.99. The van der Waals surface area contributed by atoms with E-state index in [2.05, 4.69) is 20.8 Å². The summed E-state index contributed by atoms with van der Waals surface area (Å²) in [4.78, 5) is 24.8. The average Bonchev–Trinajstić information content (AvgIpc) is 3.16. The Morgan fingerprint density at radius 3 is 2.58 bits per heavy atom. The van der Waals surface area contributed by atoms with Crippen molar-refractivity contribution in [3.8, 4) is 0 Å². The molecule has 0 aliphatic carbocycles. The van der Waals surface area contributed by atoms with Crippen molar-refractivity contribution in [2.24, 2.45) is 0 Å². The van der Waals surface area contributed by atoms with Gasteiger partial charge in [-0.1, -0.05) is 35.5 Å². The summed E-state index contributed by atoms with van der Waals surface area (Å²) in [7, 11) is 0. The second kappa shape index (κ2) is 10.5. The van der Waals surface area contributed by atoms with Gasteiger partial charge in [-0.05, 0) is 62.7 Å². The third-order valence-corrected chi connectivity index (χ3v) is 5.76. The molecule has 1 atom stereocenters. The molecule has 0 fully saturated rings. The zero-order valence-corrected chi connectivity index (χ0v) is 19.1. The smallest absolute Gasteiger partial charge is 0.251 e. The predicted octanol–water partition coefficient (Wildman–Crippen LogP) is 4.48. The molecule has 7 nitrogen and oxygen atoms in total. The Balaban J connectivity index is 1.62. The molecule has 0 aliphatic heterocycles. The second-order valence-corrected chi connectivity index (χ2v) is 8.37. The van der Waals surface area contributed by atoms with E-state index < -0.39 is 0 Å². The third-order valence-electron chi connectivity index (χ3n) is 4.54. The van der Waals surface area contributed by atoms with Crippen LogP contribution in [0.5, 0.6) is 0 Å². The standard InChI is InChI=1S/C22H24ClN5O2S/c1-4-28-20(15(3)24-21(30)16-8-10-17(23)11-9-16)26-27-22(28)31-13-19(29)25-18-7-5-6-14(2)12-18/h5-12,15H,4,13H2,1-3H3,(H,24,30)(H,25,29)/t15-/m1/s1. The molecule has 0 aliphatic rings. The molecule has 0 bridgehead atoms. The molecule has 3 rings (SSSR count). The van der Waals surface area contributed by atoms with E-state index in [0.717, 1.165) is 11.3 Å². The van der Waals surface area contributed by atoms with Gasteiger partial charge in [-0.2, -0.15) is 0 Å². The minimum absolute atomic E-state index is 0.119. The van der Waals surface area contributed by atoms with Crippen LogP contribution in [0.15, 0.2) is 53.7 Å². The number of carbonyl (C=O) groups is 2. The van der Waals surface area contributed by atoms with E-state index in [0.29, 0.717) is 28.1 Å². The number of amides is 2. The molecule has 0 radical (unpaired) electrons. The van der Waals surface area contributed by atoms with Crippen LogP contribution in [0, 0.1) is 6.92 Å². The molecular formula is C22H24ClN5O2S. The van der Waals surface area contributed by atoms with Gasteiger partial charge in [0.05, 0.1) is 11.8 Å². The highest BCUT2D eigenvalue weighted by Crippen LogP contribution is 2.21. The lowest BCUT2D eigenvalue weighted by Gasteiger charge is -2.15. The molecule has 162 valence electrons. The Kier molecular flexibility index (Phi) is 7.70. The Morgan fingerprint density at radius 1 is 1.16 bits per heavy atom. The van der Waals surface area contributed by atoms with Crippen LogP contribution < -0.4 is 10.6 Å². The first-order valence-corrected chi connectivity index (χ1v) is 11.2. The number of aromatic nitrogens is 3. The molecule has 1 heterocycles. The van der Waals surface area contributed by atoms with Gasteiger partial charge in [-0.15, -0.1) is 10.2 Å². The molecule has 31 heavy (non-hydrogen) atoms. The van der Waals surface area contributed by atoms with Gasteiger partial charge in [-0.3, -0.25) is 9.59 Å². The number of halogens is 1. The van der Waals surface area contributed by atoms with Crippen LogP contribution in [0.1, 0.15) is 41.6 Å². The number of rotatable bonds is 8. The number of hydrogen-bond acceptors (Lipinski definition) is 5. The van der Waals surface area contributed by atoms with Crippen molar-refractivity contribution in [1.29, 1.82) is 0 Å². The molecule has 0 spiro atoms. The minimum atomic E-state index is -0.355. The van der Waals surface area contributed by atoms with Crippen LogP contribution >= 0.6 is 23.4 Å².